The second kappa shape index (κ2) is 6.93. The normalized spacial score (nSPS) is 9.30. The first-order chi connectivity index (χ1) is 9.58. The third kappa shape index (κ3) is 3.58. The molecule has 0 radical (unpaired) electrons. The maximum Gasteiger partial charge on any atom is 0.353 e. The molecule has 7 nitrogen and oxygen atoms in total. The molecule has 0 spiro atoms. The molecular weight excluding hydrogens is 260 g/mol. The zero-order valence-electron chi connectivity index (χ0n) is 11.2. The second-order valence-corrected chi connectivity index (χ2v) is 3.47. The topological polar surface area (TPSA) is 117 Å². The number of ether oxygens (including phenoxy) is 1. The van der Waals surface area contributed by atoms with E-state index in [0.29, 0.717) is 11.4 Å². The molecule has 20 heavy (non-hydrogen) atoms. The van der Waals surface area contributed by atoms with Gasteiger partial charge in [0.25, 0.3) is 0 Å². The second-order valence-electron chi connectivity index (χ2n) is 3.47. The van der Waals surface area contributed by atoms with Gasteiger partial charge in [-0.25, -0.2) is 4.98 Å². The van der Waals surface area contributed by atoms with Crippen LogP contribution >= 0.6 is 0 Å². The quantitative estimate of drug-likeness (QED) is 0.505. The van der Waals surface area contributed by atoms with Crippen LogP contribution < -0.4 is 16.2 Å². The van der Waals surface area contributed by atoms with E-state index in [1.54, 1.807) is 24.3 Å². The summed E-state index contributed by atoms with van der Waals surface area (Å²) in [7, 11) is 0. The van der Waals surface area contributed by atoms with E-state index in [-0.39, 0.29) is 17.3 Å². The molecule has 0 bridgehead atoms. The van der Waals surface area contributed by atoms with Gasteiger partial charge in [-0.05, 0) is 12.1 Å². The monoisotopic (exact) mass is 276 g/mol. The Labute approximate surface area is 116 Å². The van der Waals surface area contributed by atoms with Crippen LogP contribution in [0, 0.1) is 10.1 Å². The molecule has 2 rings (SSSR count). The lowest BCUT2D eigenvalue weighted by molar-refractivity contribution is -0.384. The highest BCUT2D eigenvalue weighted by Crippen LogP contribution is 2.34. The first-order valence-electron chi connectivity index (χ1n) is 6.00. The SMILES string of the molecule is CC.Nc1cccc(Oc2ccnc(N)c2[N+](=O)[O-])c1. The molecular formula is C13H16N4O3. The minimum Gasteiger partial charge on any atom is -0.450 e. The van der Waals surface area contributed by atoms with E-state index in [1.165, 1.54) is 12.3 Å². The molecule has 0 aliphatic rings. The van der Waals surface area contributed by atoms with Gasteiger partial charge in [0.15, 0.2) is 0 Å². The average Bonchev–Trinajstić information content (AvgIpc) is 2.40. The van der Waals surface area contributed by atoms with Crippen molar-refractivity contribution < 1.29 is 9.66 Å². The number of benzene rings is 1. The molecule has 1 heterocycles. The first kappa shape index (κ1) is 15.2. The summed E-state index contributed by atoms with van der Waals surface area (Å²) in [5.74, 6) is 0.225. The number of hydrogen-bond acceptors (Lipinski definition) is 6. The minimum atomic E-state index is -0.635. The Kier molecular flexibility index (Phi) is 5.28. The van der Waals surface area contributed by atoms with Crippen molar-refractivity contribution in [1.82, 2.24) is 4.98 Å². The molecule has 7 heteroatoms. The summed E-state index contributed by atoms with van der Waals surface area (Å²) in [5, 5.41) is 10.9. The molecule has 0 unspecified atom stereocenters. The maximum absolute atomic E-state index is 10.9. The highest BCUT2D eigenvalue weighted by atomic mass is 16.6. The average molecular weight is 276 g/mol. The summed E-state index contributed by atoms with van der Waals surface area (Å²) in [6.45, 7) is 4.00. The molecule has 0 atom stereocenters. The highest BCUT2D eigenvalue weighted by Gasteiger charge is 2.21. The van der Waals surface area contributed by atoms with E-state index in [0.717, 1.165) is 0 Å². The predicted octanol–water partition coefficient (Wildman–Crippen LogP) is 2.97. The van der Waals surface area contributed by atoms with Crippen LogP contribution in [-0.4, -0.2) is 9.91 Å². The molecule has 1 aromatic carbocycles. The van der Waals surface area contributed by atoms with Gasteiger partial charge >= 0.3 is 5.69 Å². The summed E-state index contributed by atoms with van der Waals surface area (Å²) in [4.78, 5) is 13.9. The Morgan fingerprint density at radius 1 is 1.25 bits per heavy atom. The minimum absolute atomic E-state index is 0.0260. The van der Waals surface area contributed by atoms with E-state index in [1.807, 2.05) is 13.8 Å². The predicted molar refractivity (Wildman–Crippen MR) is 77.6 cm³/mol. The molecule has 0 aliphatic heterocycles. The summed E-state index contributed by atoms with van der Waals surface area (Å²) < 4.78 is 5.39. The van der Waals surface area contributed by atoms with Gasteiger partial charge in [0.05, 0.1) is 4.92 Å². The smallest absolute Gasteiger partial charge is 0.353 e. The number of nitrogens with two attached hydrogens (primary N) is 2. The summed E-state index contributed by atoms with van der Waals surface area (Å²) in [6, 6.07) is 7.93. The number of aromatic nitrogens is 1. The Morgan fingerprint density at radius 3 is 2.55 bits per heavy atom. The lowest BCUT2D eigenvalue weighted by Gasteiger charge is -2.07. The van der Waals surface area contributed by atoms with Gasteiger partial charge in [-0.2, -0.15) is 0 Å². The van der Waals surface area contributed by atoms with Gasteiger partial charge in [0, 0.05) is 24.0 Å². The summed E-state index contributed by atoms with van der Waals surface area (Å²) >= 11 is 0. The Bertz CT molecular complexity index is 602. The molecule has 0 amide bonds. The summed E-state index contributed by atoms with van der Waals surface area (Å²) in [5.41, 5.74) is 11.2. The number of nitrogen functional groups attached to an aromatic ring is 2. The number of nitro groups is 1. The fourth-order valence-corrected chi connectivity index (χ4v) is 1.42. The third-order valence-electron chi connectivity index (χ3n) is 2.18. The molecule has 0 aliphatic carbocycles. The fraction of sp³-hybridized carbons (Fsp3) is 0.154. The summed E-state index contributed by atoms with van der Waals surface area (Å²) in [6.07, 6.45) is 1.34. The van der Waals surface area contributed by atoms with Crippen LogP contribution in [0.15, 0.2) is 36.5 Å². The van der Waals surface area contributed by atoms with Crippen molar-refractivity contribution in [1.29, 1.82) is 0 Å². The maximum atomic E-state index is 10.9. The Balaban J connectivity index is 0.000000956. The van der Waals surface area contributed by atoms with Gasteiger partial charge in [0.2, 0.25) is 11.6 Å². The van der Waals surface area contributed by atoms with Gasteiger partial charge < -0.3 is 16.2 Å². The van der Waals surface area contributed by atoms with Crippen molar-refractivity contribution in [3.8, 4) is 11.5 Å². The highest BCUT2D eigenvalue weighted by molar-refractivity contribution is 5.62. The standard InChI is InChI=1S/C11H10N4O3.C2H6/c12-7-2-1-3-8(6-7)18-9-4-5-14-11(13)10(9)15(16)17;1-2/h1-6H,12H2,(H2,13,14);1-2H3. The van der Waals surface area contributed by atoms with Crippen LogP contribution in [0.5, 0.6) is 11.5 Å². The molecule has 0 fully saturated rings. The molecule has 2 aromatic rings. The number of pyridine rings is 1. The molecule has 0 saturated carbocycles. The van der Waals surface area contributed by atoms with Crippen molar-refractivity contribution in [2.75, 3.05) is 11.5 Å². The Morgan fingerprint density at radius 2 is 1.95 bits per heavy atom. The molecule has 106 valence electrons. The van der Waals surface area contributed by atoms with Crippen LogP contribution in [0.4, 0.5) is 17.2 Å². The first-order valence-corrected chi connectivity index (χ1v) is 6.00. The van der Waals surface area contributed by atoms with Crippen LogP contribution in [0.2, 0.25) is 0 Å². The number of rotatable bonds is 3. The van der Waals surface area contributed by atoms with Crippen molar-refractivity contribution in [2.45, 2.75) is 13.8 Å². The van der Waals surface area contributed by atoms with E-state index in [9.17, 15) is 10.1 Å². The molecule has 1 aromatic heterocycles. The Hall–Kier alpha value is -2.83. The lowest BCUT2D eigenvalue weighted by atomic mass is 10.3. The largest absolute Gasteiger partial charge is 0.450 e. The third-order valence-corrected chi connectivity index (χ3v) is 2.18. The number of nitrogens with zero attached hydrogens (tertiary/aromatic N) is 2. The number of anilines is 2. The van der Waals surface area contributed by atoms with Gasteiger partial charge in [0.1, 0.15) is 5.75 Å². The molecule has 0 saturated heterocycles. The van der Waals surface area contributed by atoms with Crippen molar-refractivity contribution in [2.24, 2.45) is 0 Å². The zero-order valence-corrected chi connectivity index (χ0v) is 11.2. The van der Waals surface area contributed by atoms with Crippen molar-refractivity contribution >= 4 is 17.2 Å². The van der Waals surface area contributed by atoms with E-state index in [2.05, 4.69) is 4.98 Å². The zero-order chi connectivity index (χ0) is 15.1. The van der Waals surface area contributed by atoms with Crippen LogP contribution in [0.3, 0.4) is 0 Å². The van der Waals surface area contributed by atoms with Gasteiger partial charge in [-0.1, -0.05) is 19.9 Å². The lowest BCUT2D eigenvalue weighted by Crippen LogP contribution is -2.00. The van der Waals surface area contributed by atoms with E-state index in [4.69, 9.17) is 16.2 Å². The van der Waals surface area contributed by atoms with Crippen LogP contribution in [0.25, 0.3) is 0 Å². The molecule has 4 N–H and O–H groups in total. The van der Waals surface area contributed by atoms with Gasteiger partial charge in [-0.15, -0.1) is 0 Å². The van der Waals surface area contributed by atoms with Crippen molar-refractivity contribution in [3.63, 3.8) is 0 Å². The van der Waals surface area contributed by atoms with E-state index >= 15 is 0 Å². The van der Waals surface area contributed by atoms with Gasteiger partial charge in [-0.3, -0.25) is 10.1 Å². The van der Waals surface area contributed by atoms with Crippen molar-refractivity contribution in [3.05, 3.63) is 46.6 Å². The fourth-order valence-electron chi connectivity index (χ4n) is 1.42. The van der Waals surface area contributed by atoms with E-state index < -0.39 is 4.92 Å². The number of hydrogen-bond donors (Lipinski definition) is 2. The van der Waals surface area contributed by atoms with Crippen LogP contribution in [0.1, 0.15) is 13.8 Å². The van der Waals surface area contributed by atoms with Crippen LogP contribution in [-0.2, 0) is 0 Å².